The fourth-order valence-electron chi connectivity index (χ4n) is 1.16. The molecule has 64 valence electrons. The molecule has 0 aliphatic rings. The van der Waals surface area contributed by atoms with Crippen LogP contribution in [0.3, 0.4) is 0 Å². The summed E-state index contributed by atoms with van der Waals surface area (Å²) in [5, 5.41) is 13.2. The van der Waals surface area contributed by atoms with Gasteiger partial charge < -0.3 is 9.26 Å². The number of benzene rings is 1. The number of fused-ring (bicyclic) bond motifs is 1. The summed E-state index contributed by atoms with van der Waals surface area (Å²) in [6.07, 6.45) is 1.55. The number of aromatic nitrogens is 1. The van der Waals surface area contributed by atoms with E-state index in [1.807, 2.05) is 6.07 Å². The fraction of sp³-hybridized carbons (Fsp3) is 0.111. The Kier molecular flexibility index (Phi) is 1.64. The molecule has 0 N–H and O–H groups in total. The Hall–Kier alpha value is -2.02. The molecule has 0 unspecified atom stereocenters. The van der Waals surface area contributed by atoms with E-state index in [1.165, 1.54) is 0 Å². The van der Waals surface area contributed by atoms with Crippen LogP contribution in [0.25, 0.3) is 11.0 Å². The van der Waals surface area contributed by atoms with Gasteiger partial charge in [-0.1, -0.05) is 5.16 Å². The molecule has 1 aromatic carbocycles. The molecule has 0 spiro atoms. The van der Waals surface area contributed by atoms with E-state index in [9.17, 15) is 0 Å². The van der Waals surface area contributed by atoms with Gasteiger partial charge in [-0.15, -0.1) is 0 Å². The first kappa shape index (κ1) is 7.62. The third kappa shape index (κ3) is 1.11. The molecule has 13 heavy (non-hydrogen) atoms. The average molecular weight is 174 g/mol. The molecule has 0 bridgehead atoms. The first-order chi connectivity index (χ1) is 6.35. The molecule has 4 nitrogen and oxygen atoms in total. The lowest BCUT2D eigenvalue weighted by atomic mass is 10.1. The van der Waals surface area contributed by atoms with Gasteiger partial charge in [0.25, 0.3) is 0 Å². The van der Waals surface area contributed by atoms with Crippen LogP contribution in [0.15, 0.2) is 22.9 Å². The smallest absolute Gasteiger partial charge is 0.184 e. The van der Waals surface area contributed by atoms with Crippen molar-refractivity contribution in [3.8, 4) is 11.8 Å². The molecule has 4 heteroatoms. The van der Waals surface area contributed by atoms with Crippen LogP contribution in [0.1, 0.15) is 5.56 Å². The van der Waals surface area contributed by atoms with Crippen LogP contribution in [0, 0.1) is 11.3 Å². The average Bonchev–Trinajstić information content (AvgIpc) is 2.63. The summed E-state index contributed by atoms with van der Waals surface area (Å²) in [7, 11) is 1.55. The quantitative estimate of drug-likeness (QED) is 0.660. The van der Waals surface area contributed by atoms with Crippen LogP contribution < -0.4 is 4.74 Å². The SMILES string of the molecule is COc1cc(C#N)c2oncc2c1. The number of hydrogen-bond acceptors (Lipinski definition) is 4. The van der Waals surface area contributed by atoms with E-state index < -0.39 is 0 Å². The van der Waals surface area contributed by atoms with Crippen molar-refractivity contribution in [2.75, 3.05) is 7.11 Å². The van der Waals surface area contributed by atoms with Crippen LogP contribution in [0.5, 0.6) is 5.75 Å². The van der Waals surface area contributed by atoms with Crippen molar-refractivity contribution in [3.63, 3.8) is 0 Å². The standard InChI is InChI=1S/C9H6N2O2/c1-12-8-2-6(4-10)9-7(3-8)5-11-13-9/h2-3,5H,1H3. The van der Waals surface area contributed by atoms with Gasteiger partial charge in [-0.2, -0.15) is 5.26 Å². The van der Waals surface area contributed by atoms with Gasteiger partial charge in [-0.05, 0) is 6.07 Å². The summed E-state index contributed by atoms with van der Waals surface area (Å²) in [6.45, 7) is 0. The van der Waals surface area contributed by atoms with Gasteiger partial charge in [0.2, 0.25) is 0 Å². The summed E-state index contributed by atoms with van der Waals surface area (Å²) in [6, 6.07) is 5.41. The molecule has 0 atom stereocenters. The molecule has 2 aromatic rings. The largest absolute Gasteiger partial charge is 0.497 e. The lowest BCUT2D eigenvalue weighted by Crippen LogP contribution is -1.84. The van der Waals surface area contributed by atoms with Crippen LogP contribution in [-0.2, 0) is 0 Å². The molecule has 0 aliphatic heterocycles. The minimum absolute atomic E-state index is 0.437. The van der Waals surface area contributed by atoms with Gasteiger partial charge >= 0.3 is 0 Å². The van der Waals surface area contributed by atoms with Gasteiger partial charge in [0.1, 0.15) is 17.4 Å². The maximum atomic E-state index is 8.78. The van der Waals surface area contributed by atoms with Gasteiger partial charge in [-0.25, -0.2) is 0 Å². The number of rotatable bonds is 1. The zero-order valence-electron chi connectivity index (χ0n) is 6.94. The summed E-state index contributed by atoms with van der Waals surface area (Å²) in [5.41, 5.74) is 0.940. The minimum Gasteiger partial charge on any atom is -0.497 e. The number of ether oxygens (including phenoxy) is 1. The highest BCUT2D eigenvalue weighted by atomic mass is 16.5. The second-order valence-electron chi connectivity index (χ2n) is 2.53. The van der Waals surface area contributed by atoms with E-state index >= 15 is 0 Å². The predicted molar refractivity (Wildman–Crippen MR) is 45.3 cm³/mol. The number of hydrogen-bond donors (Lipinski definition) is 0. The first-order valence-corrected chi connectivity index (χ1v) is 3.67. The Morgan fingerprint density at radius 1 is 1.54 bits per heavy atom. The minimum atomic E-state index is 0.437. The lowest BCUT2D eigenvalue weighted by molar-refractivity contribution is 0.414. The molecule has 0 saturated heterocycles. The van der Waals surface area contributed by atoms with Crippen LogP contribution in [0.4, 0.5) is 0 Å². The Morgan fingerprint density at radius 3 is 3.08 bits per heavy atom. The zero-order valence-corrected chi connectivity index (χ0v) is 6.94. The van der Waals surface area contributed by atoms with E-state index in [-0.39, 0.29) is 0 Å². The van der Waals surface area contributed by atoms with Crippen molar-refractivity contribution >= 4 is 11.0 Å². The summed E-state index contributed by atoms with van der Waals surface area (Å²) >= 11 is 0. The van der Waals surface area contributed by atoms with E-state index in [0.717, 1.165) is 5.39 Å². The van der Waals surface area contributed by atoms with E-state index in [2.05, 4.69) is 5.16 Å². The van der Waals surface area contributed by atoms with Gasteiger partial charge in [0, 0.05) is 11.5 Å². The van der Waals surface area contributed by atoms with Crippen LogP contribution >= 0.6 is 0 Å². The van der Waals surface area contributed by atoms with Crippen molar-refractivity contribution in [3.05, 3.63) is 23.9 Å². The molecule has 0 aliphatic carbocycles. The molecule has 0 fully saturated rings. The third-order valence-corrected chi connectivity index (χ3v) is 1.78. The van der Waals surface area contributed by atoms with Crippen molar-refractivity contribution in [2.24, 2.45) is 0 Å². The number of nitrogens with zero attached hydrogens (tertiary/aromatic N) is 2. The van der Waals surface area contributed by atoms with E-state index in [1.54, 1.807) is 25.4 Å². The highest BCUT2D eigenvalue weighted by Gasteiger charge is 2.07. The van der Waals surface area contributed by atoms with Gasteiger partial charge in [-0.3, -0.25) is 0 Å². The Morgan fingerprint density at radius 2 is 2.38 bits per heavy atom. The molecule has 0 radical (unpaired) electrons. The topological polar surface area (TPSA) is 59.0 Å². The summed E-state index contributed by atoms with van der Waals surface area (Å²) < 4.78 is 9.92. The summed E-state index contributed by atoms with van der Waals surface area (Å²) in [5.74, 6) is 0.632. The molecule has 2 rings (SSSR count). The Balaban J connectivity index is 2.79. The van der Waals surface area contributed by atoms with Gasteiger partial charge in [0.05, 0.1) is 13.3 Å². The maximum Gasteiger partial charge on any atom is 0.184 e. The highest BCUT2D eigenvalue weighted by molar-refractivity contribution is 5.83. The predicted octanol–water partition coefficient (Wildman–Crippen LogP) is 1.71. The van der Waals surface area contributed by atoms with Crippen LogP contribution in [0.2, 0.25) is 0 Å². The normalized spacial score (nSPS) is 9.85. The molecule has 0 saturated carbocycles. The second-order valence-corrected chi connectivity index (χ2v) is 2.53. The van der Waals surface area contributed by atoms with Crippen molar-refractivity contribution in [1.29, 1.82) is 5.26 Å². The third-order valence-electron chi connectivity index (χ3n) is 1.78. The Labute approximate surface area is 74.3 Å². The van der Waals surface area contributed by atoms with Crippen molar-refractivity contribution < 1.29 is 9.26 Å². The van der Waals surface area contributed by atoms with Gasteiger partial charge in [0.15, 0.2) is 5.58 Å². The van der Waals surface area contributed by atoms with Crippen LogP contribution in [-0.4, -0.2) is 12.3 Å². The molecule has 1 heterocycles. The second kappa shape index (κ2) is 2.79. The molecular weight excluding hydrogens is 168 g/mol. The maximum absolute atomic E-state index is 8.78. The fourth-order valence-corrected chi connectivity index (χ4v) is 1.16. The molecular formula is C9H6N2O2. The monoisotopic (exact) mass is 174 g/mol. The molecule has 0 amide bonds. The lowest BCUT2D eigenvalue weighted by Gasteiger charge is -1.98. The molecule has 1 aromatic heterocycles. The Bertz CT molecular complexity index is 482. The zero-order chi connectivity index (χ0) is 9.26. The summed E-state index contributed by atoms with van der Waals surface area (Å²) in [4.78, 5) is 0. The highest BCUT2D eigenvalue weighted by Crippen LogP contribution is 2.24. The number of methoxy groups -OCH3 is 1. The van der Waals surface area contributed by atoms with Crippen molar-refractivity contribution in [2.45, 2.75) is 0 Å². The van der Waals surface area contributed by atoms with E-state index in [0.29, 0.717) is 16.9 Å². The van der Waals surface area contributed by atoms with E-state index in [4.69, 9.17) is 14.5 Å². The van der Waals surface area contributed by atoms with Crippen molar-refractivity contribution in [1.82, 2.24) is 5.16 Å². The number of nitriles is 1. The first-order valence-electron chi connectivity index (χ1n) is 3.67.